The number of aromatic nitrogens is 2. The number of piperazine rings is 1. The molecule has 10 nitrogen and oxygen atoms in total. The number of carbonyl (C=O) groups excluding carboxylic acids is 1. The maximum absolute atomic E-state index is 13.5. The largest absolute Gasteiger partial charge is 0.378 e. The molecule has 2 aliphatic rings. The van der Waals surface area contributed by atoms with E-state index in [0.717, 1.165) is 4.88 Å². The molecule has 1 amide bonds. The van der Waals surface area contributed by atoms with Crippen LogP contribution in [0.3, 0.4) is 0 Å². The van der Waals surface area contributed by atoms with Crippen LogP contribution < -0.4 is 5.32 Å². The van der Waals surface area contributed by atoms with Crippen LogP contribution in [0, 0.1) is 23.7 Å². The lowest BCUT2D eigenvalue weighted by atomic mass is 10.1. The second kappa shape index (κ2) is 9.65. The topological polar surface area (TPSA) is 142 Å². The van der Waals surface area contributed by atoms with Gasteiger partial charge in [-0.1, -0.05) is 5.92 Å². The highest BCUT2D eigenvalue weighted by atomic mass is 32.2. The number of carbonyl (C=O) groups is 1. The lowest BCUT2D eigenvalue weighted by Crippen LogP contribution is -2.56. The number of hydrogen-bond donors (Lipinski definition) is 3. The van der Waals surface area contributed by atoms with Crippen LogP contribution in [0.25, 0.3) is 10.9 Å². The van der Waals surface area contributed by atoms with Crippen molar-refractivity contribution in [2.75, 3.05) is 19.6 Å². The van der Waals surface area contributed by atoms with Gasteiger partial charge >= 0.3 is 0 Å². The Kier molecular flexibility index (Phi) is 6.55. The first-order chi connectivity index (χ1) is 17.3. The van der Waals surface area contributed by atoms with E-state index in [0.29, 0.717) is 46.6 Å². The summed E-state index contributed by atoms with van der Waals surface area (Å²) in [5.41, 5.74) is 2.02. The summed E-state index contributed by atoms with van der Waals surface area (Å²) in [6.45, 7) is 0.818. The Labute approximate surface area is 212 Å². The van der Waals surface area contributed by atoms with Gasteiger partial charge in [-0.15, -0.1) is 17.8 Å². The van der Waals surface area contributed by atoms with E-state index in [1.54, 1.807) is 29.2 Å². The first-order valence-electron chi connectivity index (χ1n) is 11.5. The van der Waals surface area contributed by atoms with Crippen molar-refractivity contribution in [1.82, 2.24) is 24.5 Å². The molecule has 0 aliphatic carbocycles. The van der Waals surface area contributed by atoms with Crippen LogP contribution in [-0.4, -0.2) is 70.5 Å². The van der Waals surface area contributed by atoms with Gasteiger partial charge in [0.2, 0.25) is 0 Å². The van der Waals surface area contributed by atoms with E-state index in [1.165, 1.54) is 15.6 Å². The Morgan fingerprint density at radius 2 is 2.17 bits per heavy atom. The highest BCUT2D eigenvalue weighted by Gasteiger charge is 2.38. The highest BCUT2D eigenvalue weighted by Crippen LogP contribution is 2.28. The van der Waals surface area contributed by atoms with Crippen molar-refractivity contribution in [2.45, 2.75) is 43.1 Å². The van der Waals surface area contributed by atoms with E-state index in [-0.39, 0.29) is 37.0 Å². The molecule has 3 N–H and O–H groups in total. The average molecular weight is 525 g/mol. The van der Waals surface area contributed by atoms with Gasteiger partial charge in [-0.25, -0.2) is 13.4 Å². The number of amides is 1. The minimum absolute atomic E-state index is 0.0594. The molecule has 1 aromatic carbocycles. The summed E-state index contributed by atoms with van der Waals surface area (Å²) in [5.74, 6) is 2.26. The zero-order chi connectivity index (χ0) is 25.4. The number of aliphatic hydroxyl groups is 1. The summed E-state index contributed by atoms with van der Waals surface area (Å²) < 4.78 is 28.3. The van der Waals surface area contributed by atoms with E-state index in [4.69, 9.17) is 11.7 Å². The van der Waals surface area contributed by atoms with Crippen molar-refractivity contribution in [1.29, 1.82) is 5.26 Å². The lowest BCUT2D eigenvalue weighted by Gasteiger charge is -2.40. The first-order valence-corrected chi connectivity index (χ1v) is 13.7. The molecule has 0 radical (unpaired) electrons. The van der Waals surface area contributed by atoms with Gasteiger partial charge in [0.25, 0.3) is 15.9 Å². The predicted octanol–water partition coefficient (Wildman–Crippen LogP) is 1.39. The normalized spacial score (nSPS) is 20.6. The van der Waals surface area contributed by atoms with Crippen molar-refractivity contribution in [3.63, 3.8) is 0 Å². The van der Waals surface area contributed by atoms with Crippen molar-refractivity contribution in [3.05, 3.63) is 45.4 Å². The molecular weight excluding hydrogens is 500 g/mol. The minimum atomic E-state index is -3.87. The summed E-state index contributed by atoms with van der Waals surface area (Å²) in [5, 5.41) is 23.0. The number of aromatic amines is 1. The number of thiazole rings is 1. The van der Waals surface area contributed by atoms with Gasteiger partial charge in [0.05, 0.1) is 11.8 Å². The molecule has 12 heteroatoms. The fourth-order valence-corrected chi connectivity index (χ4v) is 7.11. The first kappa shape index (κ1) is 24.4. The number of benzene rings is 1. The number of aliphatic hydroxyl groups excluding tert-OH is 1. The Bertz CT molecular complexity index is 1510. The molecule has 2 atom stereocenters. The summed E-state index contributed by atoms with van der Waals surface area (Å²) in [4.78, 5) is 23.4. The molecule has 36 heavy (non-hydrogen) atoms. The summed E-state index contributed by atoms with van der Waals surface area (Å²) >= 11 is 1.28. The standard InChI is InChI=1S/C24H24N6O4S2/c1-2-15-5-6-18-16(10-15)11-22(27-18)36(33,34)29-8-9-30(17(14-29)4-3-7-25)24(32)23-28-19-12-21(31)26-13-20(19)35-23/h1,5-6,10-11,17,21,26-27,31H,3-4,8-9,12-14H2. The minimum Gasteiger partial charge on any atom is -0.378 e. The van der Waals surface area contributed by atoms with E-state index in [2.05, 4.69) is 27.3 Å². The smallest absolute Gasteiger partial charge is 0.283 e. The van der Waals surface area contributed by atoms with Crippen LogP contribution in [0.2, 0.25) is 0 Å². The summed E-state index contributed by atoms with van der Waals surface area (Å²) in [6.07, 6.45) is 5.63. The molecule has 0 bridgehead atoms. The van der Waals surface area contributed by atoms with Crippen LogP contribution in [0.4, 0.5) is 0 Å². The zero-order valence-electron chi connectivity index (χ0n) is 19.3. The SMILES string of the molecule is C#Cc1ccc2[nH]c(S(=O)(=O)N3CCN(C(=O)c4nc5c(s4)CNC(O)C5)C(CCC#N)C3)cc2c1. The van der Waals surface area contributed by atoms with Crippen molar-refractivity contribution in [3.8, 4) is 18.4 Å². The molecule has 1 fully saturated rings. The van der Waals surface area contributed by atoms with Gasteiger partial charge in [0.15, 0.2) is 5.01 Å². The lowest BCUT2D eigenvalue weighted by molar-refractivity contribution is 0.0552. The number of sulfonamides is 1. The van der Waals surface area contributed by atoms with Crippen molar-refractivity contribution < 1.29 is 18.3 Å². The Morgan fingerprint density at radius 1 is 1.33 bits per heavy atom. The van der Waals surface area contributed by atoms with E-state index in [9.17, 15) is 18.3 Å². The monoisotopic (exact) mass is 524 g/mol. The fourth-order valence-electron chi connectivity index (χ4n) is 4.63. The number of nitriles is 1. The summed E-state index contributed by atoms with van der Waals surface area (Å²) in [6, 6.07) is 8.43. The number of nitrogens with zero attached hydrogens (tertiary/aromatic N) is 4. The number of H-pyrrole nitrogens is 1. The molecule has 3 aromatic rings. The maximum atomic E-state index is 13.5. The van der Waals surface area contributed by atoms with Crippen LogP contribution >= 0.6 is 11.3 Å². The van der Waals surface area contributed by atoms with Gasteiger partial charge in [0.1, 0.15) is 11.3 Å². The second-order valence-corrected chi connectivity index (χ2v) is 11.8. The van der Waals surface area contributed by atoms with E-state index >= 15 is 0 Å². The number of terminal acetylenes is 1. The van der Waals surface area contributed by atoms with E-state index < -0.39 is 22.3 Å². The molecular formula is C24H24N6O4S2. The molecule has 1 saturated heterocycles. The third kappa shape index (κ3) is 4.50. The number of nitrogens with one attached hydrogen (secondary N) is 2. The Balaban J connectivity index is 1.38. The van der Waals surface area contributed by atoms with E-state index in [1.807, 2.05) is 0 Å². The van der Waals surface area contributed by atoms with Crippen LogP contribution in [-0.2, 0) is 23.0 Å². The molecule has 0 spiro atoms. The van der Waals surface area contributed by atoms with Crippen LogP contribution in [0.5, 0.6) is 0 Å². The number of fused-ring (bicyclic) bond motifs is 2. The molecule has 4 heterocycles. The predicted molar refractivity (Wildman–Crippen MR) is 133 cm³/mol. The van der Waals surface area contributed by atoms with Crippen LogP contribution in [0.15, 0.2) is 29.3 Å². The van der Waals surface area contributed by atoms with Gasteiger partial charge < -0.3 is 15.0 Å². The van der Waals surface area contributed by atoms with Crippen molar-refractivity contribution >= 4 is 38.2 Å². The molecule has 2 aromatic heterocycles. The molecule has 186 valence electrons. The number of rotatable bonds is 5. The Morgan fingerprint density at radius 3 is 2.94 bits per heavy atom. The highest BCUT2D eigenvalue weighted by molar-refractivity contribution is 7.89. The quantitative estimate of drug-likeness (QED) is 0.428. The third-order valence-electron chi connectivity index (χ3n) is 6.52. The summed E-state index contributed by atoms with van der Waals surface area (Å²) in [7, 11) is -3.87. The fraction of sp³-hybridized carbons (Fsp3) is 0.375. The van der Waals surface area contributed by atoms with Gasteiger partial charge in [-0.2, -0.15) is 9.57 Å². The van der Waals surface area contributed by atoms with Crippen LogP contribution in [0.1, 0.15) is 38.8 Å². The molecule has 2 unspecified atom stereocenters. The molecule has 0 saturated carbocycles. The zero-order valence-corrected chi connectivity index (χ0v) is 20.9. The Hall–Kier alpha value is -3.26. The second-order valence-electron chi connectivity index (χ2n) is 8.78. The number of hydrogen-bond acceptors (Lipinski definition) is 8. The third-order valence-corrected chi connectivity index (χ3v) is 9.40. The van der Waals surface area contributed by atoms with Gasteiger partial charge in [-0.3, -0.25) is 10.1 Å². The van der Waals surface area contributed by atoms with Crippen molar-refractivity contribution in [2.24, 2.45) is 0 Å². The molecule has 5 rings (SSSR count). The molecule has 2 aliphatic heterocycles. The maximum Gasteiger partial charge on any atom is 0.283 e. The van der Waals surface area contributed by atoms with Gasteiger partial charge in [0, 0.05) is 66.4 Å². The van der Waals surface area contributed by atoms with Gasteiger partial charge in [-0.05, 0) is 30.7 Å². The average Bonchev–Trinajstić information content (AvgIpc) is 3.50.